The second kappa shape index (κ2) is 7.61. The zero-order chi connectivity index (χ0) is 19.8. The summed E-state index contributed by atoms with van der Waals surface area (Å²) in [6, 6.07) is 18.6. The summed E-state index contributed by atoms with van der Waals surface area (Å²) in [7, 11) is 0. The number of benzene rings is 2. The molecule has 0 radical (unpaired) electrons. The van der Waals surface area contributed by atoms with Crippen molar-refractivity contribution in [2.45, 2.75) is 32.2 Å². The Morgan fingerprint density at radius 3 is 2.38 bits per heavy atom. The third-order valence-corrected chi connectivity index (χ3v) is 6.70. The van der Waals surface area contributed by atoms with Crippen LogP contribution in [0.5, 0.6) is 5.88 Å². The number of nitrogens with zero attached hydrogens (tertiary/aromatic N) is 4. The van der Waals surface area contributed by atoms with Gasteiger partial charge in [-0.25, -0.2) is 0 Å². The van der Waals surface area contributed by atoms with E-state index < -0.39 is 0 Å². The predicted molar refractivity (Wildman–Crippen MR) is 116 cm³/mol. The maximum Gasteiger partial charge on any atom is 0.230 e. The first kappa shape index (κ1) is 18.3. The molecule has 4 aromatic rings. The van der Waals surface area contributed by atoms with Gasteiger partial charge in [-0.3, -0.25) is 4.90 Å². The van der Waals surface area contributed by atoms with Crippen LogP contribution in [-0.4, -0.2) is 37.7 Å². The van der Waals surface area contributed by atoms with Crippen LogP contribution in [0.25, 0.3) is 16.3 Å². The molecular formula is C23H24N4OS. The molecule has 0 amide bonds. The first-order valence-electron chi connectivity index (χ1n) is 10.1. The summed E-state index contributed by atoms with van der Waals surface area (Å²) >= 11 is 1.54. The van der Waals surface area contributed by atoms with E-state index in [2.05, 4.69) is 53.3 Å². The molecule has 1 fully saturated rings. The van der Waals surface area contributed by atoms with E-state index in [9.17, 15) is 5.11 Å². The Hall–Kier alpha value is -2.70. The number of likely N-dealkylation sites (tertiary alicyclic amines) is 1. The summed E-state index contributed by atoms with van der Waals surface area (Å²) in [5.41, 5.74) is 3.36. The Kier molecular flexibility index (Phi) is 4.81. The molecule has 5 nitrogen and oxygen atoms in total. The number of piperidine rings is 1. The molecule has 1 saturated heterocycles. The first-order chi connectivity index (χ1) is 14.2. The van der Waals surface area contributed by atoms with E-state index in [0.29, 0.717) is 5.82 Å². The van der Waals surface area contributed by atoms with Gasteiger partial charge >= 0.3 is 0 Å². The maximum absolute atomic E-state index is 11.1. The largest absolute Gasteiger partial charge is 0.492 e. The number of thiazole rings is 1. The molecule has 5 rings (SSSR count). The van der Waals surface area contributed by atoms with Gasteiger partial charge in [0, 0.05) is 5.56 Å². The Bertz CT molecular complexity index is 1110. The normalized spacial score (nSPS) is 16.3. The highest BCUT2D eigenvalue weighted by Gasteiger charge is 2.30. The van der Waals surface area contributed by atoms with Crippen LogP contribution < -0.4 is 0 Å². The van der Waals surface area contributed by atoms with Crippen molar-refractivity contribution in [3.8, 4) is 17.3 Å². The van der Waals surface area contributed by atoms with Crippen molar-refractivity contribution in [3.63, 3.8) is 0 Å². The Labute approximate surface area is 174 Å². The molecule has 3 heterocycles. The topological polar surface area (TPSA) is 53.7 Å². The van der Waals surface area contributed by atoms with Crippen LogP contribution in [0.1, 0.15) is 41.3 Å². The lowest BCUT2D eigenvalue weighted by Gasteiger charge is -2.34. The number of hydrogen-bond donors (Lipinski definition) is 1. The highest BCUT2D eigenvalue weighted by Crippen LogP contribution is 2.41. The second-order valence-electron chi connectivity index (χ2n) is 7.70. The minimum absolute atomic E-state index is 0.0350. The van der Waals surface area contributed by atoms with E-state index in [4.69, 9.17) is 4.98 Å². The summed E-state index contributed by atoms with van der Waals surface area (Å²) < 4.78 is 1.59. The van der Waals surface area contributed by atoms with E-state index in [-0.39, 0.29) is 11.9 Å². The fourth-order valence-corrected chi connectivity index (χ4v) is 5.21. The molecule has 1 unspecified atom stereocenters. The zero-order valence-corrected chi connectivity index (χ0v) is 17.3. The second-order valence-corrected chi connectivity index (χ2v) is 8.70. The number of rotatable bonds is 4. The van der Waals surface area contributed by atoms with Gasteiger partial charge in [-0.2, -0.15) is 9.50 Å². The van der Waals surface area contributed by atoms with Crippen LogP contribution >= 0.6 is 11.3 Å². The number of hydrogen-bond acceptors (Lipinski definition) is 5. The molecule has 0 aliphatic carbocycles. The van der Waals surface area contributed by atoms with Gasteiger partial charge in [0.05, 0.1) is 10.9 Å². The fourth-order valence-electron chi connectivity index (χ4n) is 4.09. The summed E-state index contributed by atoms with van der Waals surface area (Å²) in [6.45, 7) is 4.15. The average molecular weight is 405 g/mol. The lowest BCUT2D eigenvalue weighted by molar-refractivity contribution is 0.186. The molecule has 1 aliphatic heterocycles. The van der Waals surface area contributed by atoms with Crippen molar-refractivity contribution in [2.75, 3.05) is 13.1 Å². The summed E-state index contributed by atoms with van der Waals surface area (Å²) in [5.74, 6) is 0.850. The van der Waals surface area contributed by atoms with Crippen molar-refractivity contribution >= 4 is 16.3 Å². The first-order valence-corrected chi connectivity index (χ1v) is 11.0. The molecule has 1 aliphatic rings. The molecule has 6 heteroatoms. The third-order valence-electron chi connectivity index (χ3n) is 5.63. The van der Waals surface area contributed by atoms with E-state index in [1.165, 1.54) is 41.7 Å². The smallest absolute Gasteiger partial charge is 0.230 e. The lowest BCUT2D eigenvalue weighted by Crippen LogP contribution is -2.34. The van der Waals surface area contributed by atoms with Crippen LogP contribution in [-0.2, 0) is 0 Å². The fraction of sp³-hybridized carbons (Fsp3) is 0.304. The molecule has 0 saturated carbocycles. The van der Waals surface area contributed by atoms with E-state index in [1.54, 1.807) is 4.52 Å². The zero-order valence-electron chi connectivity index (χ0n) is 16.5. The molecule has 148 valence electrons. The van der Waals surface area contributed by atoms with Gasteiger partial charge in [0.25, 0.3) is 0 Å². The Balaban J connectivity index is 1.57. The van der Waals surface area contributed by atoms with Gasteiger partial charge in [0.1, 0.15) is 0 Å². The van der Waals surface area contributed by atoms with Crippen molar-refractivity contribution in [1.82, 2.24) is 19.5 Å². The monoisotopic (exact) mass is 404 g/mol. The van der Waals surface area contributed by atoms with Crippen LogP contribution in [0.15, 0.2) is 54.6 Å². The Morgan fingerprint density at radius 2 is 1.69 bits per heavy atom. The van der Waals surface area contributed by atoms with Gasteiger partial charge in [-0.05, 0) is 38.4 Å². The summed E-state index contributed by atoms with van der Waals surface area (Å²) in [4.78, 5) is 8.83. The van der Waals surface area contributed by atoms with Gasteiger partial charge in [-0.1, -0.05) is 77.9 Å². The molecule has 2 aromatic carbocycles. The van der Waals surface area contributed by atoms with Crippen molar-refractivity contribution in [1.29, 1.82) is 0 Å². The molecule has 0 bridgehead atoms. The Morgan fingerprint density at radius 1 is 0.966 bits per heavy atom. The molecule has 1 atom stereocenters. The molecule has 1 N–H and O–H groups in total. The minimum atomic E-state index is 0.0350. The standard InChI is InChI=1S/C23H24N4OS/c1-16-10-12-18(13-11-16)21-24-23-27(25-21)22(28)20(29-23)19(17-8-4-2-5-9-17)26-14-6-3-7-15-26/h2,4-5,8-13,19,28H,3,6-7,14-15H2,1H3. The highest BCUT2D eigenvalue weighted by molar-refractivity contribution is 7.17. The number of aromatic hydroxyl groups is 1. The SMILES string of the molecule is Cc1ccc(-c2nc3sc(C(c4ccccc4)N4CCCCC4)c(O)n3n2)cc1. The van der Waals surface area contributed by atoms with E-state index in [0.717, 1.165) is 28.5 Å². The number of aryl methyl sites for hydroxylation is 1. The number of fused-ring (bicyclic) bond motifs is 1. The minimum Gasteiger partial charge on any atom is -0.492 e. The molecule has 0 spiro atoms. The van der Waals surface area contributed by atoms with Crippen molar-refractivity contribution < 1.29 is 5.11 Å². The van der Waals surface area contributed by atoms with Gasteiger partial charge in [0.15, 0.2) is 5.82 Å². The van der Waals surface area contributed by atoms with E-state index in [1.807, 2.05) is 18.2 Å². The van der Waals surface area contributed by atoms with E-state index >= 15 is 0 Å². The van der Waals surface area contributed by atoms with Gasteiger partial charge in [-0.15, -0.1) is 5.10 Å². The number of aromatic nitrogens is 3. The maximum atomic E-state index is 11.1. The van der Waals surface area contributed by atoms with Crippen LogP contribution in [0, 0.1) is 6.92 Å². The average Bonchev–Trinajstić information content (AvgIpc) is 3.30. The molecule has 29 heavy (non-hydrogen) atoms. The lowest BCUT2D eigenvalue weighted by atomic mass is 10.0. The van der Waals surface area contributed by atoms with Gasteiger partial charge < -0.3 is 5.11 Å². The van der Waals surface area contributed by atoms with Crippen LogP contribution in [0.2, 0.25) is 0 Å². The summed E-state index contributed by atoms with van der Waals surface area (Å²) in [6.07, 6.45) is 3.67. The van der Waals surface area contributed by atoms with Gasteiger partial charge in [0.2, 0.25) is 10.8 Å². The van der Waals surface area contributed by atoms with Crippen molar-refractivity contribution in [3.05, 3.63) is 70.6 Å². The molecule has 2 aromatic heterocycles. The third kappa shape index (κ3) is 3.43. The quantitative estimate of drug-likeness (QED) is 0.517. The van der Waals surface area contributed by atoms with Crippen LogP contribution in [0.4, 0.5) is 0 Å². The highest BCUT2D eigenvalue weighted by atomic mass is 32.1. The van der Waals surface area contributed by atoms with Crippen molar-refractivity contribution in [2.24, 2.45) is 0 Å². The van der Waals surface area contributed by atoms with Crippen LogP contribution in [0.3, 0.4) is 0 Å². The predicted octanol–water partition coefficient (Wildman–Crippen LogP) is 5.05. The molecular weight excluding hydrogens is 380 g/mol. The summed E-state index contributed by atoms with van der Waals surface area (Å²) in [5, 5.41) is 15.7.